The molecule has 2 heterocycles. The standard InChI is InChI=1S/C21H33N3O2S/c25-21(15-19-17-27-14-10-22-19)23-9-4-13-26-20-7-11-24(12-8-20)16-18-5-2-1-3-6-18/h1-3,5-6,19-20,22H,4,7-17H2,(H,23,25). The minimum atomic E-state index is 0.157. The molecule has 150 valence electrons. The number of nitrogens with zero attached hydrogens (tertiary/aromatic N) is 1. The van der Waals surface area contributed by atoms with Gasteiger partial charge >= 0.3 is 0 Å². The first-order valence-corrected chi connectivity index (χ1v) is 11.4. The van der Waals surface area contributed by atoms with Crippen LogP contribution in [0, 0.1) is 0 Å². The summed E-state index contributed by atoms with van der Waals surface area (Å²) in [5, 5.41) is 6.43. The number of carbonyl (C=O) groups excluding carboxylic acids is 1. The second-order valence-corrected chi connectivity index (χ2v) is 8.62. The summed E-state index contributed by atoms with van der Waals surface area (Å²) >= 11 is 1.93. The van der Waals surface area contributed by atoms with Gasteiger partial charge in [0.1, 0.15) is 0 Å². The molecule has 6 heteroatoms. The van der Waals surface area contributed by atoms with Crippen LogP contribution in [-0.4, -0.2) is 67.2 Å². The lowest BCUT2D eigenvalue weighted by molar-refractivity contribution is -0.121. The molecule has 5 nitrogen and oxygen atoms in total. The highest BCUT2D eigenvalue weighted by Crippen LogP contribution is 2.16. The summed E-state index contributed by atoms with van der Waals surface area (Å²) in [5.74, 6) is 2.35. The molecular weight excluding hydrogens is 358 g/mol. The summed E-state index contributed by atoms with van der Waals surface area (Å²) in [6, 6.07) is 11.0. The van der Waals surface area contributed by atoms with E-state index in [0.717, 1.165) is 63.6 Å². The summed E-state index contributed by atoms with van der Waals surface area (Å²) in [4.78, 5) is 14.5. The molecule has 0 bridgehead atoms. The molecule has 0 radical (unpaired) electrons. The average Bonchev–Trinajstić information content (AvgIpc) is 2.70. The highest BCUT2D eigenvalue weighted by atomic mass is 32.2. The first kappa shape index (κ1) is 20.6. The van der Waals surface area contributed by atoms with Crippen LogP contribution in [0.2, 0.25) is 0 Å². The van der Waals surface area contributed by atoms with Crippen LogP contribution in [0.3, 0.4) is 0 Å². The molecule has 0 aliphatic carbocycles. The third-order valence-electron chi connectivity index (χ3n) is 5.21. The smallest absolute Gasteiger partial charge is 0.221 e. The first-order valence-electron chi connectivity index (χ1n) is 10.3. The highest BCUT2D eigenvalue weighted by molar-refractivity contribution is 7.99. The van der Waals surface area contributed by atoms with E-state index in [4.69, 9.17) is 4.74 Å². The number of piperidine rings is 1. The molecule has 1 unspecified atom stereocenters. The van der Waals surface area contributed by atoms with E-state index in [1.165, 1.54) is 5.56 Å². The van der Waals surface area contributed by atoms with Crippen LogP contribution in [0.1, 0.15) is 31.2 Å². The number of benzene rings is 1. The molecule has 1 aromatic carbocycles. The van der Waals surface area contributed by atoms with Crippen molar-refractivity contribution in [1.29, 1.82) is 0 Å². The number of likely N-dealkylation sites (tertiary alicyclic amines) is 1. The van der Waals surface area contributed by atoms with Gasteiger partial charge in [0.05, 0.1) is 6.10 Å². The van der Waals surface area contributed by atoms with Crippen molar-refractivity contribution < 1.29 is 9.53 Å². The van der Waals surface area contributed by atoms with Crippen LogP contribution in [0.25, 0.3) is 0 Å². The Labute approximate surface area is 167 Å². The molecule has 2 N–H and O–H groups in total. The molecule has 27 heavy (non-hydrogen) atoms. The second-order valence-electron chi connectivity index (χ2n) is 7.47. The van der Waals surface area contributed by atoms with Gasteiger partial charge < -0.3 is 15.4 Å². The average molecular weight is 392 g/mol. The predicted octanol–water partition coefficient (Wildman–Crippen LogP) is 2.27. The molecule has 2 aliphatic heterocycles. The Morgan fingerprint density at radius 1 is 1.26 bits per heavy atom. The SMILES string of the molecule is O=C(CC1CSCCN1)NCCCOC1CCN(Cc2ccccc2)CC1. The van der Waals surface area contributed by atoms with Crippen molar-refractivity contribution in [3.8, 4) is 0 Å². The van der Waals surface area contributed by atoms with Gasteiger partial charge in [0.25, 0.3) is 0 Å². The fourth-order valence-electron chi connectivity index (χ4n) is 3.67. The molecular formula is C21H33N3O2S. The number of ether oxygens (including phenoxy) is 1. The van der Waals surface area contributed by atoms with Crippen molar-refractivity contribution in [1.82, 2.24) is 15.5 Å². The molecule has 2 saturated heterocycles. The number of thioether (sulfide) groups is 1. The number of rotatable bonds is 9. The van der Waals surface area contributed by atoms with E-state index in [1.807, 2.05) is 11.8 Å². The lowest BCUT2D eigenvalue weighted by atomic mass is 10.1. The van der Waals surface area contributed by atoms with Crippen LogP contribution in [-0.2, 0) is 16.1 Å². The first-order chi connectivity index (χ1) is 13.3. The zero-order valence-electron chi connectivity index (χ0n) is 16.2. The van der Waals surface area contributed by atoms with E-state index in [1.54, 1.807) is 0 Å². The monoisotopic (exact) mass is 391 g/mol. The summed E-state index contributed by atoms with van der Waals surface area (Å²) in [6.07, 6.45) is 4.06. The predicted molar refractivity (Wildman–Crippen MR) is 112 cm³/mol. The van der Waals surface area contributed by atoms with Gasteiger partial charge in [-0.15, -0.1) is 0 Å². The summed E-state index contributed by atoms with van der Waals surface area (Å²) in [7, 11) is 0. The van der Waals surface area contributed by atoms with Crippen LogP contribution < -0.4 is 10.6 Å². The van der Waals surface area contributed by atoms with Gasteiger partial charge in [-0.25, -0.2) is 0 Å². The van der Waals surface area contributed by atoms with Crippen LogP contribution >= 0.6 is 11.8 Å². The second kappa shape index (κ2) is 11.7. The highest BCUT2D eigenvalue weighted by Gasteiger charge is 2.20. The molecule has 0 spiro atoms. The Morgan fingerprint density at radius 2 is 2.07 bits per heavy atom. The van der Waals surface area contributed by atoms with Crippen molar-refractivity contribution >= 4 is 17.7 Å². The maximum atomic E-state index is 12.0. The molecule has 1 aromatic rings. The summed E-state index contributed by atoms with van der Waals surface area (Å²) in [6.45, 7) is 5.70. The third kappa shape index (κ3) is 7.82. The van der Waals surface area contributed by atoms with Gasteiger partial charge in [-0.3, -0.25) is 9.69 Å². The van der Waals surface area contributed by atoms with E-state index in [-0.39, 0.29) is 5.91 Å². The quantitative estimate of drug-likeness (QED) is 0.633. The maximum absolute atomic E-state index is 12.0. The Bertz CT molecular complexity index is 544. The number of hydrogen-bond donors (Lipinski definition) is 2. The van der Waals surface area contributed by atoms with E-state index in [2.05, 4.69) is 45.9 Å². The number of carbonyl (C=O) groups is 1. The van der Waals surface area contributed by atoms with E-state index >= 15 is 0 Å². The van der Waals surface area contributed by atoms with Gasteiger partial charge in [-0.1, -0.05) is 30.3 Å². The van der Waals surface area contributed by atoms with Crippen molar-refractivity contribution in [2.45, 2.75) is 44.4 Å². The lowest BCUT2D eigenvalue weighted by Crippen LogP contribution is -2.41. The van der Waals surface area contributed by atoms with Crippen LogP contribution in [0.4, 0.5) is 0 Å². The lowest BCUT2D eigenvalue weighted by Gasteiger charge is -2.32. The minimum absolute atomic E-state index is 0.157. The fraction of sp³-hybridized carbons (Fsp3) is 0.667. The number of hydrogen-bond acceptors (Lipinski definition) is 5. The molecule has 3 rings (SSSR count). The van der Waals surface area contributed by atoms with Crippen LogP contribution in [0.15, 0.2) is 30.3 Å². The van der Waals surface area contributed by atoms with Gasteiger partial charge in [-0.05, 0) is 24.8 Å². The van der Waals surface area contributed by atoms with Crippen molar-refractivity contribution in [3.05, 3.63) is 35.9 Å². The van der Waals surface area contributed by atoms with Gasteiger partial charge in [0, 0.05) is 63.3 Å². The van der Waals surface area contributed by atoms with Gasteiger partial charge in [-0.2, -0.15) is 11.8 Å². The normalized spacial score (nSPS) is 21.9. The summed E-state index contributed by atoms with van der Waals surface area (Å²) < 4.78 is 6.02. The number of nitrogens with one attached hydrogen (secondary N) is 2. The maximum Gasteiger partial charge on any atom is 0.221 e. The molecule has 2 aliphatic rings. The van der Waals surface area contributed by atoms with E-state index in [9.17, 15) is 4.79 Å². The molecule has 0 saturated carbocycles. The Kier molecular flexibility index (Phi) is 8.94. The topological polar surface area (TPSA) is 53.6 Å². The Morgan fingerprint density at radius 3 is 2.81 bits per heavy atom. The molecule has 2 fully saturated rings. The van der Waals surface area contributed by atoms with Gasteiger partial charge in [0.2, 0.25) is 5.91 Å². The van der Waals surface area contributed by atoms with Gasteiger partial charge in [0.15, 0.2) is 0 Å². The largest absolute Gasteiger partial charge is 0.378 e. The summed E-state index contributed by atoms with van der Waals surface area (Å²) in [5.41, 5.74) is 1.38. The Balaban J connectivity index is 1.20. The van der Waals surface area contributed by atoms with Crippen molar-refractivity contribution in [3.63, 3.8) is 0 Å². The molecule has 1 amide bonds. The van der Waals surface area contributed by atoms with Crippen LogP contribution in [0.5, 0.6) is 0 Å². The van der Waals surface area contributed by atoms with Crippen molar-refractivity contribution in [2.24, 2.45) is 0 Å². The van der Waals surface area contributed by atoms with Crippen molar-refractivity contribution in [2.75, 3.05) is 44.3 Å². The number of amides is 1. The fourth-order valence-corrected chi connectivity index (χ4v) is 4.62. The van der Waals surface area contributed by atoms with E-state index in [0.29, 0.717) is 25.1 Å². The minimum Gasteiger partial charge on any atom is -0.378 e. The van der Waals surface area contributed by atoms with E-state index < -0.39 is 0 Å². The molecule has 1 atom stereocenters. The molecule has 0 aromatic heterocycles. The Hall–Kier alpha value is -1.08. The zero-order chi connectivity index (χ0) is 18.7. The zero-order valence-corrected chi connectivity index (χ0v) is 17.0. The third-order valence-corrected chi connectivity index (χ3v) is 6.34.